The molecular formula is C11H16N4O. The van der Waals surface area contributed by atoms with Gasteiger partial charge in [-0.05, 0) is 18.9 Å². The van der Waals surface area contributed by atoms with E-state index in [2.05, 4.69) is 15.2 Å². The quantitative estimate of drug-likeness (QED) is 0.698. The van der Waals surface area contributed by atoms with Crippen LogP contribution in [-0.4, -0.2) is 35.2 Å². The van der Waals surface area contributed by atoms with Crippen LogP contribution < -0.4 is 15.8 Å². The normalized spacial score (nSPS) is 28.4. The highest BCUT2D eigenvalue weighted by molar-refractivity contribution is 5.40. The standard InChI is InChI=1S/C11H16N4O/c1-14-7-13-10(3-11(14)16)15-6-8-2-9(15)5-12-4-8/h3,7-9,12H,2,4-6H2,1H3. The summed E-state index contributed by atoms with van der Waals surface area (Å²) in [5.74, 6) is 1.55. The van der Waals surface area contributed by atoms with Crippen LogP contribution in [0.2, 0.25) is 0 Å². The molecule has 3 rings (SSSR count). The van der Waals surface area contributed by atoms with E-state index in [9.17, 15) is 4.79 Å². The molecular weight excluding hydrogens is 204 g/mol. The number of hydrogen-bond donors (Lipinski definition) is 1. The van der Waals surface area contributed by atoms with Crippen molar-refractivity contribution in [3.8, 4) is 0 Å². The number of hydrogen-bond acceptors (Lipinski definition) is 4. The first kappa shape index (κ1) is 9.84. The van der Waals surface area contributed by atoms with Gasteiger partial charge in [0.25, 0.3) is 5.56 Å². The first-order chi connectivity index (χ1) is 7.74. The molecule has 0 amide bonds. The fraction of sp³-hybridized carbons (Fsp3) is 0.636. The second-order valence-electron chi connectivity index (χ2n) is 4.76. The Kier molecular flexibility index (Phi) is 2.21. The summed E-state index contributed by atoms with van der Waals surface area (Å²) in [4.78, 5) is 18.2. The molecule has 5 heteroatoms. The second kappa shape index (κ2) is 3.59. The first-order valence-electron chi connectivity index (χ1n) is 5.74. The van der Waals surface area contributed by atoms with Crippen LogP contribution in [0.4, 0.5) is 5.82 Å². The summed E-state index contributed by atoms with van der Waals surface area (Å²) < 4.78 is 1.50. The van der Waals surface area contributed by atoms with E-state index in [1.165, 1.54) is 11.0 Å². The average Bonchev–Trinajstić information content (AvgIpc) is 2.58. The molecule has 86 valence electrons. The minimum Gasteiger partial charge on any atom is -0.352 e. The zero-order chi connectivity index (χ0) is 11.1. The van der Waals surface area contributed by atoms with E-state index in [4.69, 9.17) is 0 Å². The molecule has 2 unspecified atom stereocenters. The summed E-state index contributed by atoms with van der Waals surface area (Å²) in [5.41, 5.74) is 0.0133. The van der Waals surface area contributed by atoms with E-state index < -0.39 is 0 Å². The molecule has 1 N–H and O–H groups in total. The van der Waals surface area contributed by atoms with Crippen molar-refractivity contribution >= 4 is 5.82 Å². The monoisotopic (exact) mass is 220 g/mol. The van der Waals surface area contributed by atoms with Crippen LogP contribution in [0, 0.1) is 5.92 Å². The van der Waals surface area contributed by atoms with Crippen LogP contribution in [0.25, 0.3) is 0 Å². The molecule has 0 aromatic carbocycles. The maximum Gasteiger partial charge on any atom is 0.255 e. The van der Waals surface area contributed by atoms with Crippen LogP contribution in [0.1, 0.15) is 6.42 Å². The third-order valence-corrected chi connectivity index (χ3v) is 3.57. The Balaban J connectivity index is 1.92. The lowest BCUT2D eigenvalue weighted by atomic mass is 10.0. The molecule has 0 radical (unpaired) electrons. The van der Waals surface area contributed by atoms with Gasteiger partial charge >= 0.3 is 0 Å². The third kappa shape index (κ3) is 1.51. The van der Waals surface area contributed by atoms with Gasteiger partial charge in [-0.1, -0.05) is 0 Å². The van der Waals surface area contributed by atoms with E-state index in [1.807, 2.05) is 0 Å². The molecule has 0 spiro atoms. The van der Waals surface area contributed by atoms with Crippen molar-refractivity contribution in [3.05, 3.63) is 22.7 Å². The van der Waals surface area contributed by atoms with Crippen molar-refractivity contribution in [2.75, 3.05) is 24.5 Å². The molecule has 2 fully saturated rings. The van der Waals surface area contributed by atoms with Crippen LogP contribution in [-0.2, 0) is 7.05 Å². The molecule has 1 aromatic heterocycles. The molecule has 2 aliphatic rings. The minimum absolute atomic E-state index is 0.0133. The van der Waals surface area contributed by atoms with E-state index in [0.29, 0.717) is 12.0 Å². The number of rotatable bonds is 1. The van der Waals surface area contributed by atoms with Gasteiger partial charge in [-0.25, -0.2) is 4.98 Å². The number of anilines is 1. The topological polar surface area (TPSA) is 50.2 Å². The number of nitrogens with one attached hydrogen (secondary N) is 1. The van der Waals surface area contributed by atoms with Gasteiger partial charge < -0.3 is 14.8 Å². The molecule has 2 bridgehead atoms. The Labute approximate surface area is 94.1 Å². The van der Waals surface area contributed by atoms with Gasteiger partial charge in [0, 0.05) is 32.2 Å². The van der Waals surface area contributed by atoms with Crippen LogP contribution in [0.5, 0.6) is 0 Å². The van der Waals surface area contributed by atoms with E-state index in [1.54, 1.807) is 19.4 Å². The molecule has 0 saturated carbocycles. The van der Waals surface area contributed by atoms with E-state index >= 15 is 0 Å². The highest BCUT2D eigenvalue weighted by atomic mass is 16.1. The first-order valence-corrected chi connectivity index (χ1v) is 5.74. The fourth-order valence-electron chi connectivity index (χ4n) is 2.70. The number of aryl methyl sites for hydroxylation is 1. The molecule has 3 heterocycles. The SMILES string of the molecule is Cn1cnc(N2CC3CNCC2C3)cc1=O. The van der Waals surface area contributed by atoms with Crippen molar-refractivity contribution in [3.63, 3.8) is 0 Å². The smallest absolute Gasteiger partial charge is 0.255 e. The van der Waals surface area contributed by atoms with Crippen LogP contribution in [0.15, 0.2) is 17.2 Å². The predicted octanol–water partition coefficient (Wildman–Crippen LogP) is -0.422. The molecule has 2 saturated heterocycles. The van der Waals surface area contributed by atoms with Crippen LogP contribution >= 0.6 is 0 Å². The Bertz CT molecular complexity index is 456. The highest BCUT2D eigenvalue weighted by Gasteiger charge is 2.35. The summed E-state index contributed by atoms with van der Waals surface area (Å²) in [7, 11) is 1.73. The molecule has 1 aromatic rings. The summed E-state index contributed by atoms with van der Waals surface area (Å²) in [6.45, 7) is 3.13. The van der Waals surface area contributed by atoms with Gasteiger partial charge in [-0.2, -0.15) is 0 Å². The maximum atomic E-state index is 11.6. The Morgan fingerprint density at radius 2 is 2.38 bits per heavy atom. The molecule has 0 aliphatic carbocycles. The fourth-order valence-corrected chi connectivity index (χ4v) is 2.70. The molecule has 5 nitrogen and oxygen atoms in total. The van der Waals surface area contributed by atoms with Gasteiger partial charge in [-0.15, -0.1) is 0 Å². The highest BCUT2D eigenvalue weighted by Crippen LogP contribution is 2.28. The van der Waals surface area contributed by atoms with Crippen molar-refractivity contribution in [2.45, 2.75) is 12.5 Å². The average molecular weight is 220 g/mol. The zero-order valence-corrected chi connectivity index (χ0v) is 9.39. The third-order valence-electron chi connectivity index (χ3n) is 3.57. The number of fused-ring (bicyclic) bond motifs is 2. The lowest BCUT2D eigenvalue weighted by Gasteiger charge is -2.25. The van der Waals surface area contributed by atoms with E-state index in [-0.39, 0.29) is 5.56 Å². The molecule has 16 heavy (non-hydrogen) atoms. The summed E-state index contributed by atoms with van der Waals surface area (Å²) in [5, 5.41) is 3.42. The predicted molar refractivity (Wildman–Crippen MR) is 61.6 cm³/mol. The maximum absolute atomic E-state index is 11.6. The van der Waals surface area contributed by atoms with Crippen molar-refractivity contribution < 1.29 is 0 Å². The Hall–Kier alpha value is -1.36. The summed E-state index contributed by atoms with van der Waals surface area (Å²) in [6, 6.07) is 2.15. The number of aromatic nitrogens is 2. The Morgan fingerprint density at radius 1 is 1.50 bits per heavy atom. The van der Waals surface area contributed by atoms with Gasteiger partial charge in [0.15, 0.2) is 0 Å². The van der Waals surface area contributed by atoms with E-state index in [0.717, 1.165) is 25.5 Å². The minimum atomic E-state index is 0.0133. The van der Waals surface area contributed by atoms with Crippen molar-refractivity contribution in [2.24, 2.45) is 13.0 Å². The van der Waals surface area contributed by atoms with Gasteiger partial charge in [0.2, 0.25) is 0 Å². The van der Waals surface area contributed by atoms with Gasteiger partial charge in [0.1, 0.15) is 5.82 Å². The van der Waals surface area contributed by atoms with Gasteiger partial charge in [0.05, 0.1) is 6.33 Å². The number of piperidine rings is 1. The lowest BCUT2D eigenvalue weighted by molar-refractivity contribution is 0.433. The summed E-state index contributed by atoms with van der Waals surface area (Å²) >= 11 is 0. The van der Waals surface area contributed by atoms with Crippen molar-refractivity contribution in [1.82, 2.24) is 14.9 Å². The summed E-state index contributed by atoms with van der Waals surface area (Å²) in [6.07, 6.45) is 2.83. The number of nitrogens with zero attached hydrogens (tertiary/aromatic N) is 3. The largest absolute Gasteiger partial charge is 0.352 e. The second-order valence-corrected chi connectivity index (χ2v) is 4.76. The molecule has 2 atom stereocenters. The van der Waals surface area contributed by atoms with Gasteiger partial charge in [-0.3, -0.25) is 4.79 Å². The zero-order valence-electron chi connectivity index (χ0n) is 9.39. The molecule has 2 aliphatic heterocycles. The lowest BCUT2D eigenvalue weighted by Crippen LogP contribution is -2.39. The Morgan fingerprint density at radius 3 is 3.12 bits per heavy atom. The van der Waals surface area contributed by atoms with Crippen LogP contribution in [0.3, 0.4) is 0 Å². The van der Waals surface area contributed by atoms with Crippen molar-refractivity contribution in [1.29, 1.82) is 0 Å².